The first-order valence-electron chi connectivity index (χ1n) is 7.27. The van der Waals surface area contributed by atoms with Gasteiger partial charge in [-0.1, -0.05) is 0 Å². The second kappa shape index (κ2) is 8.13. The second-order valence-electron chi connectivity index (χ2n) is 5.37. The van der Waals surface area contributed by atoms with Crippen LogP contribution in [0, 0.1) is 17.0 Å². The summed E-state index contributed by atoms with van der Waals surface area (Å²) < 4.78 is 0. The van der Waals surface area contributed by atoms with Gasteiger partial charge in [-0.2, -0.15) is 0 Å². The molecule has 1 aromatic carbocycles. The molecule has 0 bridgehead atoms. The minimum atomic E-state index is -0.734. The summed E-state index contributed by atoms with van der Waals surface area (Å²) in [5.41, 5.74) is 6.11. The molecular weight excluding hydrogens is 362 g/mol. The summed E-state index contributed by atoms with van der Waals surface area (Å²) in [6.07, 6.45) is 0. The summed E-state index contributed by atoms with van der Waals surface area (Å²) in [4.78, 5) is 37.0. The molecule has 1 heterocycles. The number of nitrogens with zero attached hydrogens (tertiary/aromatic N) is 2. The Morgan fingerprint density at radius 1 is 1.36 bits per heavy atom. The number of carbonyl (C=O) groups is 2. The van der Waals surface area contributed by atoms with Crippen molar-refractivity contribution in [2.24, 2.45) is 5.73 Å². The zero-order valence-corrected chi connectivity index (χ0v) is 15.4. The Balaban J connectivity index is 2.05. The summed E-state index contributed by atoms with van der Waals surface area (Å²) in [6, 6.07) is 5.99. The van der Waals surface area contributed by atoms with Crippen molar-refractivity contribution < 1.29 is 14.5 Å². The van der Waals surface area contributed by atoms with Crippen LogP contribution in [0.3, 0.4) is 0 Å². The number of rotatable bonds is 7. The third kappa shape index (κ3) is 4.80. The van der Waals surface area contributed by atoms with Gasteiger partial charge >= 0.3 is 0 Å². The normalized spacial score (nSPS) is 10.5. The Morgan fingerprint density at radius 2 is 2.08 bits per heavy atom. The number of hydrogen-bond acceptors (Lipinski definition) is 6. The first kappa shape index (κ1) is 18.9. The number of aryl methyl sites for hydroxylation is 1. The van der Waals surface area contributed by atoms with Gasteiger partial charge in [0.15, 0.2) is 0 Å². The van der Waals surface area contributed by atoms with Crippen LogP contribution in [0.5, 0.6) is 0 Å². The second-order valence-corrected chi connectivity index (χ2v) is 7.39. The first-order valence-corrected chi connectivity index (χ1v) is 9.14. The smallest absolute Gasteiger partial charge is 0.283 e. The molecule has 9 heteroatoms. The van der Waals surface area contributed by atoms with Gasteiger partial charge in [0.1, 0.15) is 0 Å². The number of nitro benzene ring substituents is 1. The van der Waals surface area contributed by atoms with Crippen LogP contribution in [0.25, 0.3) is 0 Å². The standard InChI is InChI=1S/C16H17N3O4S2/c1-10-5-6-24-14(10)8-18(2)15(20)9-25-13-4-3-11(16(17)21)7-12(13)19(22)23/h3-7H,8-9H2,1-2H3,(H2,17,21). The molecule has 0 radical (unpaired) electrons. The Hall–Kier alpha value is -2.39. The highest BCUT2D eigenvalue weighted by atomic mass is 32.2. The minimum absolute atomic E-state index is 0.0627. The number of carbonyl (C=O) groups excluding carboxylic acids is 2. The lowest BCUT2D eigenvalue weighted by Gasteiger charge is -2.16. The molecule has 2 rings (SSSR count). The number of amides is 2. The molecule has 1 aromatic heterocycles. The molecular formula is C16H17N3O4S2. The Kier molecular flexibility index (Phi) is 6.16. The fourth-order valence-electron chi connectivity index (χ4n) is 2.05. The molecule has 7 nitrogen and oxygen atoms in total. The van der Waals surface area contributed by atoms with Crippen LogP contribution in [-0.4, -0.2) is 34.4 Å². The van der Waals surface area contributed by atoms with Crippen LogP contribution in [0.4, 0.5) is 5.69 Å². The molecule has 0 atom stereocenters. The highest BCUT2D eigenvalue weighted by molar-refractivity contribution is 8.00. The van der Waals surface area contributed by atoms with Gasteiger partial charge in [0.2, 0.25) is 11.8 Å². The van der Waals surface area contributed by atoms with E-state index in [1.807, 2.05) is 18.4 Å². The number of thioether (sulfide) groups is 1. The van der Waals surface area contributed by atoms with E-state index in [-0.39, 0.29) is 22.9 Å². The molecule has 0 aliphatic rings. The predicted molar refractivity (Wildman–Crippen MR) is 97.9 cm³/mol. The van der Waals surface area contributed by atoms with Gasteiger partial charge in [-0.3, -0.25) is 19.7 Å². The van der Waals surface area contributed by atoms with E-state index in [4.69, 9.17) is 5.73 Å². The molecule has 0 spiro atoms. The third-order valence-corrected chi connectivity index (χ3v) is 5.62. The quantitative estimate of drug-likeness (QED) is 0.452. The van der Waals surface area contributed by atoms with Crippen LogP contribution in [0.15, 0.2) is 34.5 Å². The maximum Gasteiger partial charge on any atom is 0.283 e. The van der Waals surface area contributed by atoms with E-state index < -0.39 is 10.8 Å². The molecule has 0 aliphatic heterocycles. The molecule has 0 unspecified atom stereocenters. The summed E-state index contributed by atoms with van der Waals surface area (Å²) in [6.45, 7) is 2.49. The van der Waals surface area contributed by atoms with Gasteiger partial charge < -0.3 is 10.6 Å². The van der Waals surface area contributed by atoms with Crippen molar-refractivity contribution in [3.05, 3.63) is 55.8 Å². The van der Waals surface area contributed by atoms with Gasteiger partial charge in [-0.25, -0.2) is 0 Å². The number of primary amides is 1. The largest absolute Gasteiger partial charge is 0.366 e. The number of benzene rings is 1. The van der Waals surface area contributed by atoms with Crippen molar-refractivity contribution in [1.82, 2.24) is 4.90 Å². The predicted octanol–water partition coefficient (Wildman–Crippen LogP) is 2.81. The van der Waals surface area contributed by atoms with Gasteiger partial charge in [0.05, 0.1) is 22.1 Å². The van der Waals surface area contributed by atoms with E-state index in [0.29, 0.717) is 11.4 Å². The molecule has 132 valence electrons. The fraction of sp³-hybridized carbons (Fsp3) is 0.250. The van der Waals surface area contributed by atoms with Crippen molar-refractivity contribution in [2.45, 2.75) is 18.4 Å². The summed E-state index contributed by atoms with van der Waals surface area (Å²) in [5.74, 6) is -0.801. The Morgan fingerprint density at radius 3 is 2.64 bits per heavy atom. The lowest BCUT2D eigenvalue weighted by Crippen LogP contribution is -2.27. The van der Waals surface area contributed by atoms with E-state index in [1.165, 1.54) is 12.1 Å². The third-order valence-electron chi connectivity index (χ3n) is 3.57. The summed E-state index contributed by atoms with van der Waals surface area (Å²) >= 11 is 2.65. The molecule has 0 fully saturated rings. The van der Waals surface area contributed by atoms with Crippen molar-refractivity contribution >= 4 is 40.6 Å². The average Bonchev–Trinajstić information content (AvgIpc) is 2.97. The van der Waals surface area contributed by atoms with Crippen molar-refractivity contribution in [3.63, 3.8) is 0 Å². The van der Waals surface area contributed by atoms with E-state index in [1.54, 1.807) is 23.3 Å². The van der Waals surface area contributed by atoms with Crippen LogP contribution >= 0.6 is 23.1 Å². The highest BCUT2D eigenvalue weighted by Crippen LogP contribution is 2.30. The molecule has 0 saturated heterocycles. The molecule has 2 aromatic rings. The van der Waals surface area contributed by atoms with Gasteiger partial charge in [-0.05, 0) is 36.1 Å². The average molecular weight is 379 g/mol. The van der Waals surface area contributed by atoms with Gasteiger partial charge in [0, 0.05) is 23.6 Å². The van der Waals surface area contributed by atoms with E-state index in [0.717, 1.165) is 28.3 Å². The van der Waals surface area contributed by atoms with E-state index in [9.17, 15) is 19.7 Å². The van der Waals surface area contributed by atoms with Crippen LogP contribution < -0.4 is 5.73 Å². The minimum Gasteiger partial charge on any atom is -0.366 e. The maximum atomic E-state index is 12.3. The number of nitro groups is 1. The summed E-state index contributed by atoms with van der Waals surface area (Å²) in [7, 11) is 1.70. The number of hydrogen-bond donors (Lipinski definition) is 1. The highest BCUT2D eigenvalue weighted by Gasteiger charge is 2.19. The summed E-state index contributed by atoms with van der Waals surface area (Å²) in [5, 5.41) is 13.1. The molecule has 0 saturated carbocycles. The van der Waals surface area contributed by atoms with Crippen LogP contribution in [-0.2, 0) is 11.3 Å². The molecule has 0 aliphatic carbocycles. The topological polar surface area (TPSA) is 107 Å². The Bertz CT molecular complexity index is 819. The van der Waals surface area contributed by atoms with Crippen LogP contribution in [0.1, 0.15) is 20.8 Å². The maximum absolute atomic E-state index is 12.3. The van der Waals surface area contributed by atoms with Crippen molar-refractivity contribution in [2.75, 3.05) is 12.8 Å². The SMILES string of the molecule is Cc1ccsc1CN(C)C(=O)CSc1ccc(C(N)=O)cc1[N+](=O)[O-]. The van der Waals surface area contributed by atoms with Gasteiger partial charge in [0.25, 0.3) is 5.69 Å². The first-order chi connectivity index (χ1) is 11.8. The van der Waals surface area contributed by atoms with Crippen molar-refractivity contribution in [3.8, 4) is 0 Å². The fourth-order valence-corrected chi connectivity index (χ4v) is 3.96. The monoisotopic (exact) mass is 379 g/mol. The zero-order valence-electron chi connectivity index (χ0n) is 13.7. The van der Waals surface area contributed by atoms with Crippen molar-refractivity contribution in [1.29, 1.82) is 0 Å². The molecule has 2 N–H and O–H groups in total. The Labute approximate surface area is 153 Å². The lowest BCUT2D eigenvalue weighted by atomic mass is 10.2. The van der Waals surface area contributed by atoms with Gasteiger partial charge in [-0.15, -0.1) is 23.1 Å². The van der Waals surface area contributed by atoms with Crippen LogP contribution in [0.2, 0.25) is 0 Å². The lowest BCUT2D eigenvalue weighted by molar-refractivity contribution is -0.387. The van der Waals surface area contributed by atoms with E-state index >= 15 is 0 Å². The number of thiophene rings is 1. The number of nitrogens with two attached hydrogens (primary N) is 1. The molecule has 2 amide bonds. The van der Waals surface area contributed by atoms with E-state index in [2.05, 4.69) is 0 Å². The zero-order chi connectivity index (χ0) is 18.6. The molecule has 25 heavy (non-hydrogen) atoms.